The number of hydrogen-bond acceptors (Lipinski definition) is 2. The third kappa shape index (κ3) is 2.68. The van der Waals surface area contributed by atoms with Crippen LogP contribution >= 0.6 is 0 Å². The Morgan fingerprint density at radius 2 is 1.88 bits per heavy atom. The Kier molecular flexibility index (Phi) is 3.23. The van der Waals surface area contributed by atoms with Crippen LogP contribution in [0, 0.1) is 0 Å². The maximum atomic E-state index is 5.62. The summed E-state index contributed by atoms with van der Waals surface area (Å²) in [6.45, 7) is 9.53. The minimum atomic E-state index is 0.197. The second-order valence-corrected chi connectivity index (χ2v) is 5.63. The van der Waals surface area contributed by atoms with Gasteiger partial charge < -0.3 is 4.74 Å². The van der Waals surface area contributed by atoms with Crippen LogP contribution in [0.15, 0.2) is 29.3 Å². The van der Waals surface area contributed by atoms with Gasteiger partial charge in [-0.3, -0.25) is 0 Å². The molecular formula is C15H21NO. The molecule has 0 radical (unpaired) electrons. The van der Waals surface area contributed by atoms with Crippen molar-refractivity contribution in [2.24, 2.45) is 4.99 Å². The quantitative estimate of drug-likeness (QED) is 0.763. The lowest BCUT2D eigenvalue weighted by atomic mass is 9.87. The maximum absolute atomic E-state index is 5.62. The van der Waals surface area contributed by atoms with Crippen LogP contribution in [0.25, 0.3) is 0 Å². The molecule has 0 spiro atoms. The Hall–Kier alpha value is -1.31. The maximum Gasteiger partial charge on any atom is 0.216 e. The number of nitrogens with zero attached hydrogens (tertiary/aromatic N) is 1. The molecule has 0 amide bonds. The van der Waals surface area contributed by atoms with Crippen LogP contribution in [-0.2, 0) is 10.2 Å². The average molecular weight is 231 g/mol. The van der Waals surface area contributed by atoms with Gasteiger partial charge in [-0.1, -0.05) is 39.8 Å². The van der Waals surface area contributed by atoms with E-state index in [1.54, 1.807) is 0 Å². The van der Waals surface area contributed by atoms with E-state index in [1.807, 2.05) is 0 Å². The highest BCUT2D eigenvalue weighted by molar-refractivity contribution is 5.95. The van der Waals surface area contributed by atoms with E-state index in [-0.39, 0.29) is 5.41 Å². The summed E-state index contributed by atoms with van der Waals surface area (Å²) in [6.07, 6.45) is 1.05. The second kappa shape index (κ2) is 4.52. The molecule has 1 atom stereocenters. The van der Waals surface area contributed by atoms with Gasteiger partial charge in [0.2, 0.25) is 5.90 Å². The summed E-state index contributed by atoms with van der Waals surface area (Å²) in [6, 6.07) is 8.89. The first-order chi connectivity index (χ1) is 8.00. The van der Waals surface area contributed by atoms with Crippen LogP contribution in [0.4, 0.5) is 0 Å². The van der Waals surface area contributed by atoms with Crippen molar-refractivity contribution in [2.75, 3.05) is 6.61 Å². The molecule has 92 valence electrons. The highest BCUT2D eigenvalue weighted by Crippen LogP contribution is 2.23. The van der Waals surface area contributed by atoms with Gasteiger partial charge in [0, 0.05) is 5.56 Å². The van der Waals surface area contributed by atoms with Crippen molar-refractivity contribution < 1.29 is 4.74 Å². The van der Waals surface area contributed by atoms with Crippen LogP contribution in [0.3, 0.4) is 0 Å². The van der Waals surface area contributed by atoms with Crippen molar-refractivity contribution >= 4 is 5.90 Å². The first kappa shape index (κ1) is 12.2. The predicted octanol–water partition coefficient (Wildman–Crippen LogP) is 3.54. The molecule has 2 nitrogen and oxygen atoms in total. The standard InChI is InChI=1S/C15H21NO/c1-5-13-10-17-14(16-13)11-6-8-12(9-7-11)15(2,3)4/h6-9,13H,5,10H2,1-4H3. The molecule has 0 N–H and O–H groups in total. The summed E-state index contributed by atoms with van der Waals surface area (Å²) >= 11 is 0. The minimum absolute atomic E-state index is 0.197. The predicted molar refractivity (Wildman–Crippen MR) is 71.7 cm³/mol. The lowest BCUT2D eigenvalue weighted by Crippen LogP contribution is -2.11. The molecule has 17 heavy (non-hydrogen) atoms. The highest BCUT2D eigenvalue weighted by atomic mass is 16.5. The van der Waals surface area contributed by atoms with Crippen molar-refractivity contribution in [3.05, 3.63) is 35.4 Å². The molecule has 0 bridgehead atoms. The van der Waals surface area contributed by atoms with Crippen LogP contribution < -0.4 is 0 Å². The van der Waals surface area contributed by atoms with Crippen molar-refractivity contribution in [3.63, 3.8) is 0 Å². The van der Waals surface area contributed by atoms with Gasteiger partial charge in [-0.15, -0.1) is 0 Å². The Morgan fingerprint density at radius 1 is 1.24 bits per heavy atom. The van der Waals surface area contributed by atoms with E-state index in [0.717, 1.165) is 24.5 Å². The number of hydrogen-bond donors (Lipinski definition) is 0. The summed E-state index contributed by atoms with van der Waals surface area (Å²) in [4.78, 5) is 4.56. The van der Waals surface area contributed by atoms with E-state index in [2.05, 4.69) is 57.0 Å². The van der Waals surface area contributed by atoms with E-state index in [4.69, 9.17) is 4.74 Å². The van der Waals surface area contributed by atoms with Crippen molar-refractivity contribution in [1.29, 1.82) is 0 Å². The van der Waals surface area contributed by atoms with E-state index in [0.29, 0.717) is 6.04 Å². The highest BCUT2D eigenvalue weighted by Gasteiger charge is 2.19. The molecule has 0 fully saturated rings. The molecule has 0 saturated heterocycles. The molecule has 1 aromatic rings. The molecule has 1 aliphatic rings. The zero-order valence-corrected chi connectivity index (χ0v) is 11.2. The number of aliphatic imine (C=N–C) groups is 1. The molecule has 1 heterocycles. The smallest absolute Gasteiger partial charge is 0.216 e. The summed E-state index contributed by atoms with van der Waals surface area (Å²) in [5, 5.41) is 0. The Bertz CT molecular complexity index is 412. The molecule has 2 heteroatoms. The van der Waals surface area contributed by atoms with Gasteiger partial charge in [0.05, 0.1) is 6.04 Å². The number of ether oxygens (including phenoxy) is 1. The molecule has 0 saturated carbocycles. The first-order valence-corrected chi connectivity index (χ1v) is 6.32. The Labute approximate surface area is 104 Å². The van der Waals surface area contributed by atoms with Gasteiger partial charge in [-0.2, -0.15) is 0 Å². The zero-order chi connectivity index (χ0) is 12.5. The molecule has 1 aliphatic heterocycles. The van der Waals surface area contributed by atoms with Crippen molar-refractivity contribution in [1.82, 2.24) is 0 Å². The summed E-state index contributed by atoms with van der Waals surface area (Å²) < 4.78 is 5.62. The molecule has 1 unspecified atom stereocenters. The monoisotopic (exact) mass is 231 g/mol. The SMILES string of the molecule is CCC1COC(c2ccc(C(C)(C)C)cc2)=N1. The molecular weight excluding hydrogens is 210 g/mol. The number of benzene rings is 1. The van der Waals surface area contributed by atoms with Gasteiger partial charge in [-0.25, -0.2) is 4.99 Å². The van der Waals surface area contributed by atoms with Crippen LogP contribution in [0.1, 0.15) is 45.2 Å². The van der Waals surface area contributed by atoms with Gasteiger partial charge in [0.1, 0.15) is 6.61 Å². The third-order valence-corrected chi connectivity index (χ3v) is 3.18. The lowest BCUT2D eigenvalue weighted by Gasteiger charge is -2.19. The van der Waals surface area contributed by atoms with E-state index in [9.17, 15) is 0 Å². The topological polar surface area (TPSA) is 21.6 Å². The fourth-order valence-corrected chi connectivity index (χ4v) is 1.90. The van der Waals surface area contributed by atoms with Crippen LogP contribution in [0.5, 0.6) is 0 Å². The first-order valence-electron chi connectivity index (χ1n) is 6.32. The molecule has 0 aromatic heterocycles. The fraction of sp³-hybridized carbons (Fsp3) is 0.533. The Balaban J connectivity index is 2.19. The van der Waals surface area contributed by atoms with Gasteiger partial charge in [-0.05, 0) is 29.5 Å². The Morgan fingerprint density at radius 3 is 2.35 bits per heavy atom. The van der Waals surface area contributed by atoms with E-state index < -0.39 is 0 Å². The lowest BCUT2D eigenvalue weighted by molar-refractivity contribution is 0.315. The van der Waals surface area contributed by atoms with Gasteiger partial charge in [0.25, 0.3) is 0 Å². The van der Waals surface area contributed by atoms with E-state index in [1.165, 1.54) is 5.56 Å². The number of rotatable bonds is 2. The van der Waals surface area contributed by atoms with Crippen molar-refractivity contribution in [2.45, 2.75) is 45.6 Å². The van der Waals surface area contributed by atoms with Crippen LogP contribution in [0.2, 0.25) is 0 Å². The fourth-order valence-electron chi connectivity index (χ4n) is 1.90. The second-order valence-electron chi connectivity index (χ2n) is 5.63. The molecule has 0 aliphatic carbocycles. The van der Waals surface area contributed by atoms with E-state index >= 15 is 0 Å². The van der Waals surface area contributed by atoms with Gasteiger partial charge in [0.15, 0.2) is 0 Å². The average Bonchev–Trinajstić information content (AvgIpc) is 2.76. The van der Waals surface area contributed by atoms with Crippen molar-refractivity contribution in [3.8, 4) is 0 Å². The normalized spacial score (nSPS) is 20.0. The summed E-state index contributed by atoms with van der Waals surface area (Å²) in [7, 11) is 0. The molecule has 2 rings (SSSR count). The molecule has 1 aromatic carbocycles. The minimum Gasteiger partial charge on any atom is -0.475 e. The zero-order valence-electron chi connectivity index (χ0n) is 11.2. The third-order valence-electron chi connectivity index (χ3n) is 3.18. The summed E-state index contributed by atoms with van der Waals surface area (Å²) in [5.41, 5.74) is 2.63. The van der Waals surface area contributed by atoms with Crippen LogP contribution in [-0.4, -0.2) is 18.5 Å². The van der Waals surface area contributed by atoms with Gasteiger partial charge >= 0.3 is 0 Å². The summed E-state index contributed by atoms with van der Waals surface area (Å²) in [5.74, 6) is 0.803. The largest absolute Gasteiger partial charge is 0.475 e.